The first-order chi connectivity index (χ1) is 10.6. The van der Waals surface area contributed by atoms with E-state index in [-0.39, 0.29) is 11.8 Å². The highest BCUT2D eigenvalue weighted by molar-refractivity contribution is 5.18. The van der Waals surface area contributed by atoms with Crippen LogP contribution >= 0.6 is 0 Å². The van der Waals surface area contributed by atoms with Crippen molar-refractivity contribution in [1.29, 1.82) is 0 Å². The summed E-state index contributed by atoms with van der Waals surface area (Å²) in [6.45, 7) is 2.95. The van der Waals surface area contributed by atoms with Gasteiger partial charge in [0.05, 0.1) is 6.67 Å². The molecule has 1 aromatic heterocycles. The monoisotopic (exact) mass is 310 g/mol. The number of halogens is 3. The van der Waals surface area contributed by atoms with Gasteiger partial charge in [0, 0.05) is 31.5 Å². The van der Waals surface area contributed by atoms with Gasteiger partial charge in [-0.25, -0.2) is 13.8 Å². The van der Waals surface area contributed by atoms with Gasteiger partial charge in [-0.05, 0) is 24.6 Å². The van der Waals surface area contributed by atoms with Crippen LogP contribution in [0.5, 0.6) is 0 Å². The second-order valence-corrected chi connectivity index (χ2v) is 5.74. The Hall–Kier alpha value is -1.89. The second kappa shape index (κ2) is 6.08. The highest BCUT2D eigenvalue weighted by Crippen LogP contribution is 2.32. The van der Waals surface area contributed by atoms with Gasteiger partial charge in [-0.1, -0.05) is 6.07 Å². The fraction of sp³-hybridized carbons (Fsp3) is 0.467. The summed E-state index contributed by atoms with van der Waals surface area (Å²) in [6, 6.07) is 3.85. The lowest BCUT2D eigenvalue weighted by Gasteiger charge is -2.15. The molecule has 0 saturated carbocycles. The Balaban J connectivity index is 1.72. The summed E-state index contributed by atoms with van der Waals surface area (Å²) in [5, 5.41) is 6.90. The van der Waals surface area contributed by atoms with Crippen molar-refractivity contribution in [3.8, 4) is 0 Å². The second-order valence-electron chi connectivity index (χ2n) is 5.74. The molecule has 1 fully saturated rings. The standard InChI is InChI=1S/C15H17F3N4/c1-9-19-15(21-20-9)12-8-22(7-11(12)5-16)6-10-2-3-13(17)14(18)4-10/h2-4,11-12H,5-8H2,1H3,(H,19,20,21). The molecule has 1 N–H and O–H groups in total. The van der Waals surface area contributed by atoms with Gasteiger partial charge in [-0.2, -0.15) is 5.10 Å². The minimum atomic E-state index is -0.861. The highest BCUT2D eigenvalue weighted by atomic mass is 19.2. The van der Waals surface area contributed by atoms with E-state index in [0.717, 1.165) is 6.07 Å². The Morgan fingerprint density at radius 1 is 1.27 bits per heavy atom. The molecule has 0 bridgehead atoms. The number of nitrogens with one attached hydrogen (secondary N) is 1. The van der Waals surface area contributed by atoms with Crippen LogP contribution in [0.4, 0.5) is 13.2 Å². The van der Waals surface area contributed by atoms with E-state index in [0.29, 0.717) is 36.8 Å². The molecule has 3 rings (SSSR count). The molecule has 1 aliphatic rings. The number of aromatic amines is 1. The molecule has 2 atom stereocenters. The number of aryl methyl sites for hydroxylation is 1. The van der Waals surface area contributed by atoms with E-state index in [2.05, 4.69) is 15.2 Å². The van der Waals surface area contributed by atoms with E-state index in [1.165, 1.54) is 6.07 Å². The van der Waals surface area contributed by atoms with E-state index in [1.54, 1.807) is 13.0 Å². The Morgan fingerprint density at radius 2 is 2.09 bits per heavy atom. The highest BCUT2D eigenvalue weighted by Gasteiger charge is 2.36. The number of benzene rings is 1. The molecule has 4 nitrogen and oxygen atoms in total. The first-order valence-corrected chi connectivity index (χ1v) is 7.18. The number of nitrogens with zero attached hydrogens (tertiary/aromatic N) is 3. The van der Waals surface area contributed by atoms with Crippen molar-refractivity contribution in [2.45, 2.75) is 19.4 Å². The molecule has 1 aliphatic heterocycles. The summed E-state index contributed by atoms with van der Waals surface area (Å²) < 4.78 is 39.5. The number of hydrogen-bond acceptors (Lipinski definition) is 3. The summed E-state index contributed by atoms with van der Waals surface area (Å²) in [6.07, 6.45) is 0. The average molecular weight is 310 g/mol. The van der Waals surface area contributed by atoms with Gasteiger partial charge >= 0.3 is 0 Å². The summed E-state index contributed by atoms with van der Waals surface area (Å²) in [4.78, 5) is 6.31. The van der Waals surface area contributed by atoms with Crippen LogP contribution in [-0.2, 0) is 6.54 Å². The fourth-order valence-electron chi connectivity index (χ4n) is 2.96. The van der Waals surface area contributed by atoms with Gasteiger partial charge in [0.1, 0.15) is 5.82 Å². The lowest BCUT2D eigenvalue weighted by molar-refractivity contribution is 0.295. The third-order valence-electron chi connectivity index (χ3n) is 4.05. The summed E-state index contributed by atoms with van der Waals surface area (Å²) in [5.74, 6) is -0.666. The maximum absolute atomic E-state index is 13.3. The summed E-state index contributed by atoms with van der Waals surface area (Å²) in [5.41, 5.74) is 0.670. The molecule has 1 aromatic carbocycles. The quantitative estimate of drug-likeness (QED) is 0.944. The topological polar surface area (TPSA) is 44.8 Å². The summed E-state index contributed by atoms with van der Waals surface area (Å²) in [7, 11) is 0. The Morgan fingerprint density at radius 3 is 2.73 bits per heavy atom. The summed E-state index contributed by atoms with van der Waals surface area (Å²) >= 11 is 0. The zero-order chi connectivity index (χ0) is 15.7. The smallest absolute Gasteiger partial charge is 0.159 e. The minimum absolute atomic E-state index is 0.0831. The van der Waals surface area contributed by atoms with Crippen molar-refractivity contribution in [3.05, 3.63) is 47.0 Å². The molecule has 2 unspecified atom stereocenters. The molecule has 2 heterocycles. The zero-order valence-corrected chi connectivity index (χ0v) is 12.2. The van der Waals surface area contributed by atoms with E-state index in [4.69, 9.17) is 0 Å². The van der Waals surface area contributed by atoms with Crippen molar-refractivity contribution in [2.24, 2.45) is 5.92 Å². The lowest BCUT2D eigenvalue weighted by Crippen LogP contribution is -2.20. The molecule has 118 valence electrons. The fourth-order valence-corrected chi connectivity index (χ4v) is 2.96. The molecule has 7 heteroatoms. The van der Waals surface area contributed by atoms with Crippen LogP contribution in [0, 0.1) is 24.5 Å². The van der Waals surface area contributed by atoms with Crippen molar-refractivity contribution in [1.82, 2.24) is 20.1 Å². The van der Waals surface area contributed by atoms with E-state index >= 15 is 0 Å². The van der Waals surface area contributed by atoms with Crippen LogP contribution in [0.1, 0.15) is 23.1 Å². The van der Waals surface area contributed by atoms with Crippen LogP contribution in [0.25, 0.3) is 0 Å². The van der Waals surface area contributed by atoms with Gasteiger partial charge in [0.25, 0.3) is 0 Å². The molecule has 0 amide bonds. The largest absolute Gasteiger partial charge is 0.298 e. The van der Waals surface area contributed by atoms with E-state index < -0.39 is 18.3 Å². The van der Waals surface area contributed by atoms with E-state index in [1.807, 2.05) is 4.90 Å². The molecule has 0 spiro atoms. The van der Waals surface area contributed by atoms with Crippen LogP contribution in [0.2, 0.25) is 0 Å². The predicted molar refractivity (Wildman–Crippen MR) is 75.0 cm³/mol. The van der Waals surface area contributed by atoms with Gasteiger partial charge in [0.2, 0.25) is 0 Å². The number of alkyl halides is 1. The van der Waals surface area contributed by atoms with Gasteiger partial charge in [-0.15, -0.1) is 0 Å². The number of aromatic nitrogens is 3. The van der Waals surface area contributed by atoms with Crippen LogP contribution in [-0.4, -0.2) is 39.8 Å². The SMILES string of the molecule is Cc1nc(C2CN(Cc3ccc(F)c(F)c3)CC2CF)n[nH]1. The molecule has 0 radical (unpaired) electrons. The maximum atomic E-state index is 13.3. The Labute approximate surface area is 126 Å². The van der Waals surface area contributed by atoms with Crippen LogP contribution < -0.4 is 0 Å². The number of hydrogen-bond donors (Lipinski definition) is 1. The molecule has 22 heavy (non-hydrogen) atoms. The average Bonchev–Trinajstić information content (AvgIpc) is 3.09. The maximum Gasteiger partial charge on any atom is 0.159 e. The molecular formula is C15H17F3N4. The third-order valence-corrected chi connectivity index (χ3v) is 4.05. The Bertz CT molecular complexity index is 658. The normalized spacial score (nSPS) is 22.4. The molecular weight excluding hydrogens is 293 g/mol. The predicted octanol–water partition coefficient (Wildman–Crippen LogP) is 2.58. The zero-order valence-electron chi connectivity index (χ0n) is 12.2. The third kappa shape index (κ3) is 2.99. The number of H-pyrrole nitrogens is 1. The van der Waals surface area contributed by atoms with Gasteiger partial charge < -0.3 is 0 Å². The number of likely N-dealkylation sites (tertiary alicyclic amines) is 1. The Kier molecular flexibility index (Phi) is 4.15. The van der Waals surface area contributed by atoms with Crippen molar-refractivity contribution in [2.75, 3.05) is 19.8 Å². The van der Waals surface area contributed by atoms with Gasteiger partial charge in [-0.3, -0.25) is 14.4 Å². The number of rotatable bonds is 4. The molecule has 2 aromatic rings. The van der Waals surface area contributed by atoms with Crippen molar-refractivity contribution < 1.29 is 13.2 Å². The molecule has 0 aliphatic carbocycles. The van der Waals surface area contributed by atoms with Crippen LogP contribution in [0.15, 0.2) is 18.2 Å². The first kappa shape index (κ1) is 15.0. The first-order valence-electron chi connectivity index (χ1n) is 7.18. The van der Waals surface area contributed by atoms with Crippen molar-refractivity contribution in [3.63, 3.8) is 0 Å². The van der Waals surface area contributed by atoms with E-state index in [9.17, 15) is 13.2 Å². The van der Waals surface area contributed by atoms with Crippen LogP contribution in [0.3, 0.4) is 0 Å². The lowest BCUT2D eigenvalue weighted by atomic mass is 9.97. The minimum Gasteiger partial charge on any atom is -0.298 e. The van der Waals surface area contributed by atoms with Gasteiger partial charge in [0.15, 0.2) is 17.5 Å². The van der Waals surface area contributed by atoms with Crippen molar-refractivity contribution >= 4 is 0 Å². The molecule has 1 saturated heterocycles.